The smallest absolute Gasteiger partial charge is 0.225 e. The molecule has 2 N–H and O–H groups in total. The normalized spacial score (nSPS) is 13.6. The summed E-state index contributed by atoms with van der Waals surface area (Å²) >= 11 is 0. The van der Waals surface area contributed by atoms with Crippen molar-refractivity contribution in [2.45, 2.75) is 32.4 Å². The molecule has 2 atom stereocenters. The number of furan rings is 1. The second-order valence-corrected chi connectivity index (χ2v) is 6.26. The number of amides is 1. The van der Waals surface area contributed by atoms with Gasteiger partial charge in [0.05, 0.1) is 6.04 Å². The topological polar surface area (TPSA) is 59.5 Å². The lowest BCUT2D eigenvalue weighted by atomic mass is 10.0. The maximum Gasteiger partial charge on any atom is 0.225 e. The standard InChI is InChI=1S/C21H24N2O2/c1-3-23(21(24)14-18(22)16-9-5-4-6-10-16)15(2)20-13-17-11-7-8-12-19(17)25-20/h4-13,15,18H,3,14,22H2,1-2H3. The molecule has 2 aromatic carbocycles. The van der Waals surface area contributed by atoms with E-state index in [-0.39, 0.29) is 24.4 Å². The molecule has 4 heteroatoms. The average Bonchev–Trinajstić information content (AvgIpc) is 3.07. The Hall–Kier alpha value is -2.59. The van der Waals surface area contributed by atoms with Crippen molar-refractivity contribution in [2.24, 2.45) is 5.73 Å². The summed E-state index contributed by atoms with van der Waals surface area (Å²) in [6, 6.07) is 19.2. The molecule has 1 amide bonds. The third kappa shape index (κ3) is 3.74. The molecule has 0 aliphatic carbocycles. The summed E-state index contributed by atoms with van der Waals surface area (Å²) in [7, 11) is 0. The first-order valence-corrected chi connectivity index (χ1v) is 8.68. The molecule has 2 unspecified atom stereocenters. The van der Waals surface area contributed by atoms with Gasteiger partial charge in [-0.15, -0.1) is 0 Å². The highest BCUT2D eigenvalue weighted by molar-refractivity contribution is 5.79. The fourth-order valence-electron chi connectivity index (χ4n) is 3.15. The van der Waals surface area contributed by atoms with E-state index in [1.807, 2.05) is 79.4 Å². The molecule has 0 radical (unpaired) electrons. The Balaban J connectivity index is 1.75. The Morgan fingerprint density at radius 1 is 1.12 bits per heavy atom. The molecular weight excluding hydrogens is 312 g/mol. The minimum absolute atomic E-state index is 0.0341. The van der Waals surface area contributed by atoms with Crippen LogP contribution in [0.5, 0.6) is 0 Å². The fourth-order valence-corrected chi connectivity index (χ4v) is 3.15. The number of benzene rings is 2. The highest BCUT2D eigenvalue weighted by atomic mass is 16.3. The lowest BCUT2D eigenvalue weighted by Crippen LogP contribution is -2.35. The summed E-state index contributed by atoms with van der Waals surface area (Å²) in [6.45, 7) is 4.58. The molecule has 3 rings (SSSR count). The van der Waals surface area contributed by atoms with Gasteiger partial charge in [-0.1, -0.05) is 48.5 Å². The van der Waals surface area contributed by atoms with Gasteiger partial charge in [0, 0.05) is 24.4 Å². The van der Waals surface area contributed by atoms with E-state index in [1.165, 1.54) is 0 Å². The second kappa shape index (κ2) is 7.53. The third-order valence-electron chi connectivity index (χ3n) is 4.61. The van der Waals surface area contributed by atoms with Gasteiger partial charge in [0.25, 0.3) is 0 Å². The van der Waals surface area contributed by atoms with Crippen molar-refractivity contribution in [2.75, 3.05) is 6.54 Å². The molecule has 0 bridgehead atoms. The quantitative estimate of drug-likeness (QED) is 0.724. The molecule has 25 heavy (non-hydrogen) atoms. The van der Waals surface area contributed by atoms with E-state index in [9.17, 15) is 4.79 Å². The maximum absolute atomic E-state index is 12.8. The predicted octanol–water partition coefficient (Wildman–Crippen LogP) is 4.43. The molecule has 4 nitrogen and oxygen atoms in total. The van der Waals surface area contributed by atoms with Crippen molar-refractivity contribution in [3.8, 4) is 0 Å². The SMILES string of the molecule is CCN(C(=O)CC(N)c1ccccc1)C(C)c1cc2ccccc2o1. The first kappa shape index (κ1) is 17.2. The average molecular weight is 336 g/mol. The van der Waals surface area contributed by atoms with Crippen LogP contribution in [0.3, 0.4) is 0 Å². The zero-order valence-electron chi connectivity index (χ0n) is 14.7. The Labute approximate surface area is 148 Å². The summed E-state index contributed by atoms with van der Waals surface area (Å²) in [5, 5.41) is 1.05. The van der Waals surface area contributed by atoms with E-state index < -0.39 is 0 Å². The summed E-state index contributed by atoms with van der Waals surface area (Å²) in [6.07, 6.45) is 0.280. The summed E-state index contributed by atoms with van der Waals surface area (Å²) in [5.41, 5.74) is 8.03. The van der Waals surface area contributed by atoms with Gasteiger partial charge in [-0.05, 0) is 31.5 Å². The van der Waals surface area contributed by atoms with Crippen molar-refractivity contribution in [3.05, 3.63) is 72.0 Å². The summed E-state index contributed by atoms with van der Waals surface area (Å²) in [5.74, 6) is 0.830. The molecule has 0 aliphatic heterocycles. The molecule has 0 saturated heterocycles. The highest BCUT2D eigenvalue weighted by Crippen LogP contribution is 2.28. The van der Waals surface area contributed by atoms with Gasteiger partial charge >= 0.3 is 0 Å². The number of hydrogen-bond acceptors (Lipinski definition) is 3. The van der Waals surface area contributed by atoms with E-state index in [0.29, 0.717) is 6.54 Å². The summed E-state index contributed by atoms with van der Waals surface area (Å²) < 4.78 is 5.93. The number of fused-ring (bicyclic) bond motifs is 1. The predicted molar refractivity (Wildman–Crippen MR) is 100 cm³/mol. The summed E-state index contributed by atoms with van der Waals surface area (Å²) in [4.78, 5) is 14.6. The number of rotatable bonds is 6. The van der Waals surface area contributed by atoms with Gasteiger partial charge in [0.1, 0.15) is 11.3 Å². The van der Waals surface area contributed by atoms with Crippen molar-refractivity contribution in [1.29, 1.82) is 0 Å². The van der Waals surface area contributed by atoms with Crippen LogP contribution in [-0.4, -0.2) is 17.4 Å². The number of hydrogen-bond donors (Lipinski definition) is 1. The molecule has 0 saturated carbocycles. The number of carbonyl (C=O) groups is 1. The number of nitrogens with two attached hydrogens (primary N) is 1. The van der Waals surface area contributed by atoms with Crippen LogP contribution in [0.4, 0.5) is 0 Å². The van der Waals surface area contributed by atoms with E-state index >= 15 is 0 Å². The molecule has 0 spiro atoms. The van der Waals surface area contributed by atoms with Crippen molar-refractivity contribution >= 4 is 16.9 Å². The van der Waals surface area contributed by atoms with Gasteiger partial charge in [0.15, 0.2) is 0 Å². The monoisotopic (exact) mass is 336 g/mol. The molecule has 0 fully saturated rings. The first-order valence-electron chi connectivity index (χ1n) is 8.68. The van der Waals surface area contributed by atoms with Crippen LogP contribution >= 0.6 is 0 Å². The van der Waals surface area contributed by atoms with E-state index in [2.05, 4.69) is 0 Å². The molecule has 3 aromatic rings. The van der Waals surface area contributed by atoms with Gasteiger partial charge in [-0.3, -0.25) is 4.79 Å². The van der Waals surface area contributed by atoms with Gasteiger partial charge < -0.3 is 15.1 Å². The van der Waals surface area contributed by atoms with Crippen LogP contribution in [0.25, 0.3) is 11.0 Å². The maximum atomic E-state index is 12.8. The molecule has 0 aliphatic rings. The van der Waals surface area contributed by atoms with Crippen LogP contribution in [0.1, 0.15) is 43.7 Å². The van der Waals surface area contributed by atoms with E-state index in [4.69, 9.17) is 10.2 Å². The van der Waals surface area contributed by atoms with Crippen LogP contribution < -0.4 is 5.73 Å². The fraction of sp³-hybridized carbons (Fsp3) is 0.286. The number of carbonyl (C=O) groups excluding carboxylic acids is 1. The zero-order valence-corrected chi connectivity index (χ0v) is 14.7. The Kier molecular flexibility index (Phi) is 5.19. The van der Waals surface area contributed by atoms with Crippen molar-refractivity contribution in [1.82, 2.24) is 4.90 Å². The van der Waals surface area contributed by atoms with Gasteiger partial charge in [-0.2, -0.15) is 0 Å². The Morgan fingerprint density at radius 3 is 2.48 bits per heavy atom. The van der Waals surface area contributed by atoms with Crippen LogP contribution in [-0.2, 0) is 4.79 Å². The first-order chi connectivity index (χ1) is 12.1. The van der Waals surface area contributed by atoms with E-state index in [1.54, 1.807) is 0 Å². The van der Waals surface area contributed by atoms with Crippen LogP contribution in [0.2, 0.25) is 0 Å². The van der Waals surface area contributed by atoms with Crippen LogP contribution in [0, 0.1) is 0 Å². The molecule has 130 valence electrons. The second-order valence-electron chi connectivity index (χ2n) is 6.26. The van der Waals surface area contributed by atoms with Crippen molar-refractivity contribution in [3.63, 3.8) is 0 Å². The van der Waals surface area contributed by atoms with E-state index in [0.717, 1.165) is 22.3 Å². The number of nitrogens with zero attached hydrogens (tertiary/aromatic N) is 1. The largest absolute Gasteiger partial charge is 0.459 e. The molecule has 1 heterocycles. The minimum Gasteiger partial charge on any atom is -0.459 e. The highest BCUT2D eigenvalue weighted by Gasteiger charge is 2.24. The lowest BCUT2D eigenvalue weighted by molar-refractivity contribution is -0.133. The van der Waals surface area contributed by atoms with Gasteiger partial charge in [0.2, 0.25) is 5.91 Å². The number of para-hydroxylation sites is 1. The third-order valence-corrected chi connectivity index (χ3v) is 4.61. The Morgan fingerprint density at radius 2 is 1.80 bits per heavy atom. The molecule has 1 aromatic heterocycles. The van der Waals surface area contributed by atoms with Gasteiger partial charge in [-0.25, -0.2) is 0 Å². The zero-order chi connectivity index (χ0) is 17.8. The van der Waals surface area contributed by atoms with Crippen LogP contribution in [0.15, 0.2) is 65.1 Å². The lowest BCUT2D eigenvalue weighted by Gasteiger charge is -2.28. The Bertz CT molecular complexity index is 808. The minimum atomic E-state index is -0.300. The van der Waals surface area contributed by atoms with Crippen molar-refractivity contribution < 1.29 is 9.21 Å². The molecular formula is C21H24N2O2.